The fraction of sp³-hybridized carbons (Fsp3) is 0.385. The molecule has 1 aliphatic carbocycles. The first-order chi connectivity index (χ1) is 7.33. The van der Waals surface area contributed by atoms with Crippen molar-refractivity contribution in [3.05, 3.63) is 35.6 Å². The lowest BCUT2D eigenvalue weighted by Crippen LogP contribution is -2.14. The Balaban J connectivity index is 1.91. The molecule has 1 N–H and O–H groups in total. The van der Waals surface area contributed by atoms with Crippen LogP contribution in [0.25, 0.3) is 11.0 Å². The third-order valence-electron chi connectivity index (χ3n) is 2.97. The highest BCUT2D eigenvalue weighted by Crippen LogP contribution is 2.24. The molecule has 0 unspecified atom stereocenters. The van der Waals surface area contributed by atoms with Crippen molar-refractivity contribution in [3.63, 3.8) is 0 Å². The topological polar surface area (TPSA) is 25.2 Å². The first-order valence-corrected chi connectivity index (χ1v) is 5.53. The minimum Gasteiger partial charge on any atom is -0.464 e. The third-order valence-corrected chi connectivity index (χ3v) is 2.97. The van der Waals surface area contributed by atoms with Crippen molar-refractivity contribution < 1.29 is 4.42 Å². The van der Waals surface area contributed by atoms with Crippen molar-refractivity contribution in [2.45, 2.75) is 32.4 Å². The molecule has 2 nitrogen and oxygen atoms in total. The molecule has 1 aromatic carbocycles. The second-order valence-corrected chi connectivity index (χ2v) is 4.42. The summed E-state index contributed by atoms with van der Waals surface area (Å²) in [5.74, 6) is 0. The summed E-state index contributed by atoms with van der Waals surface area (Å²) in [6.45, 7) is 3.05. The summed E-state index contributed by atoms with van der Waals surface area (Å²) < 4.78 is 5.52. The SMILES string of the molecule is Cc1ccc2occ(CNC3CC3)c2c1. The van der Waals surface area contributed by atoms with Gasteiger partial charge in [0.05, 0.1) is 6.26 Å². The molecule has 2 aromatic rings. The molecule has 1 heterocycles. The van der Waals surface area contributed by atoms with Crippen LogP contribution < -0.4 is 5.32 Å². The monoisotopic (exact) mass is 201 g/mol. The maximum atomic E-state index is 5.52. The summed E-state index contributed by atoms with van der Waals surface area (Å²) >= 11 is 0. The number of rotatable bonds is 3. The summed E-state index contributed by atoms with van der Waals surface area (Å²) in [6.07, 6.45) is 4.53. The minimum atomic E-state index is 0.750. The van der Waals surface area contributed by atoms with Gasteiger partial charge >= 0.3 is 0 Å². The standard InChI is InChI=1S/C13H15NO/c1-9-2-5-13-12(6-9)10(8-15-13)7-14-11-3-4-11/h2,5-6,8,11,14H,3-4,7H2,1H3. The molecule has 78 valence electrons. The fourth-order valence-electron chi connectivity index (χ4n) is 1.87. The van der Waals surface area contributed by atoms with Crippen LogP contribution in [0.4, 0.5) is 0 Å². The van der Waals surface area contributed by atoms with Gasteiger partial charge in [0.1, 0.15) is 5.58 Å². The van der Waals surface area contributed by atoms with Gasteiger partial charge in [-0.15, -0.1) is 0 Å². The molecule has 15 heavy (non-hydrogen) atoms. The Morgan fingerprint density at radius 3 is 3.07 bits per heavy atom. The smallest absolute Gasteiger partial charge is 0.134 e. The lowest BCUT2D eigenvalue weighted by atomic mass is 10.1. The number of benzene rings is 1. The highest BCUT2D eigenvalue weighted by Gasteiger charge is 2.20. The molecule has 1 aliphatic rings. The Morgan fingerprint density at radius 1 is 1.40 bits per heavy atom. The van der Waals surface area contributed by atoms with Crippen molar-refractivity contribution in [1.82, 2.24) is 5.32 Å². The van der Waals surface area contributed by atoms with Gasteiger partial charge in [-0.1, -0.05) is 11.6 Å². The van der Waals surface area contributed by atoms with E-state index in [1.807, 2.05) is 12.3 Å². The molecule has 2 heteroatoms. The Labute approximate surface area is 89.3 Å². The number of fused-ring (bicyclic) bond motifs is 1. The average molecular weight is 201 g/mol. The molecule has 1 fully saturated rings. The summed E-state index contributed by atoms with van der Waals surface area (Å²) in [5, 5.41) is 4.76. The second-order valence-electron chi connectivity index (χ2n) is 4.42. The molecule has 0 bridgehead atoms. The highest BCUT2D eigenvalue weighted by molar-refractivity contribution is 5.81. The van der Waals surface area contributed by atoms with Gasteiger partial charge in [-0.25, -0.2) is 0 Å². The molecule has 0 saturated heterocycles. The Bertz CT molecular complexity index is 482. The predicted octanol–water partition coefficient (Wildman–Crippen LogP) is 2.99. The molecular weight excluding hydrogens is 186 g/mol. The van der Waals surface area contributed by atoms with E-state index in [-0.39, 0.29) is 0 Å². The van der Waals surface area contributed by atoms with Gasteiger partial charge < -0.3 is 9.73 Å². The van der Waals surface area contributed by atoms with Crippen molar-refractivity contribution >= 4 is 11.0 Å². The van der Waals surface area contributed by atoms with Crippen LogP contribution >= 0.6 is 0 Å². The number of hydrogen-bond donors (Lipinski definition) is 1. The van der Waals surface area contributed by atoms with E-state index in [1.165, 1.54) is 29.4 Å². The molecule has 3 rings (SSSR count). The van der Waals surface area contributed by atoms with Crippen LogP contribution in [0.5, 0.6) is 0 Å². The van der Waals surface area contributed by atoms with Crippen LogP contribution in [0.3, 0.4) is 0 Å². The molecule has 0 radical (unpaired) electrons. The number of furan rings is 1. The van der Waals surface area contributed by atoms with E-state index in [4.69, 9.17) is 4.42 Å². The van der Waals surface area contributed by atoms with Crippen molar-refractivity contribution in [1.29, 1.82) is 0 Å². The zero-order chi connectivity index (χ0) is 10.3. The Hall–Kier alpha value is -1.28. The summed E-state index contributed by atoms with van der Waals surface area (Å²) in [6, 6.07) is 7.08. The van der Waals surface area contributed by atoms with E-state index in [1.54, 1.807) is 0 Å². The van der Waals surface area contributed by atoms with E-state index in [9.17, 15) is 0 Å². The van der Waals surface area contributed by atoms with E-state index < -0.39 is 0 Å². The largest absolute Gasteiger partial charge is 0.464 e. The van der Waals surface area contributed by atoms with Crippen molar-refractivity contribution in [3.8, 4) is 0 Å². The first-order valence-electron chi connectivity index (χ1n) is 5.53. The summed E-state index contributed by atoms with van der Waals surface area (Å²) in [5.41, 5.74) is 3.56. The minimum absolute atomic E-state index is 0.750. The molecule has 0 atom stereocenters. The zero-order valence-corrected chi connectivity index (χ0v) is 8.92. The number of aryl methyl sites for hydroxylation is 1. The molecule has 0 aliphatic heterocycles. The summed E-state index contributed by atoms with van der Waals surface area (Å²) in [4.78, 5) is 0. The zero-order valence-electron chi connectivity index (χ0n) is 8.92. The average Bonchev–Trinajstić information content (AvgIpc) is 2.97. The van der Waals surface area contributed by atoms with Crippen LogP contribution in [0.15, 0.2) is 28.9 Å². The van der Waals surface area contributed by atoms with E-state index >= 15 is 0 Å². The Kier molecular flexibility index (Phi) is 2.03. The van der Waals surface area contributed by atoms with E-state index in [2.05, 4.69) is 24.4 Å². The van der Waals surface area contributed by atoms with Crippen molar-refractivity contribution in [2.24, 2.45) is 0 Å². The highest BCUT2D eigenvalue weighted by atomic mass is 16.3. The van der Waals surface area contributed by atoms with E-state index in [0.717, 1.165) is 18.2 Å². The Morgan fingerprint density at radius 2 is 2.27 bits per heavy atom. The van der Waals surface area contributed by atoms with Crippen LogP contribution in [0, 0.1) is 6.92 Å². The van der Waals surface area contributed by atoms with Gasteiger partial charge in [0, 0.05) is 23.5 Å². The second kappa shape index (κ2) is 3.38. The maximum absolute atomic E-state index is 5.52. The summed E-state index contributed by atoms with van der Waals surface area (Å²) in [7, 11) is 0. The van der Waals surface area contributed by atoms with Gasteiger partial charge in [0.2, 0.25) is 0 Å². The third kappa shape index (κ3) is 1.77. The lowest BCUT2D eigenvalue weighted by molar-refractivity contribution is 0.601. The van der Waals surface area contributed by atoms with Gasteiger partial charge in [-0.05, 0) is 31.9 Å². The predicted molar refractivity (Wildman–Crippen MR) is 60.8 cm³/mol. The first kappa shape index (κ1) is 8.98. The lowest BCUT2D eigenvalue weighted by Gasteiger charge is -2.00. The fourth-order valence-corrected chi connectivity index (χ4v) is 1.87. The molecular formula is C13H15NO. The van der Waals surface area contributed by atoms with Gasteiger partial charge in [-0.2, -0.15) is 0 Å². The van der Waals surface area contributed by atoms with Crippen LogP contribution in [0.1, 0.15) is 24.0 Å². The number of hydrogen-bond acceptors (Lipinski definition) is 2. The molecule has 0 spiro atoms. The van der Waals surface area contributed by atoms with Crippen molar-refractivity contribution in [2.75, 3.05) is 0 Å². The normalized spacial score (nSPS) is 16.1. The maximum Gasteiger partial charge on any atom is 0.134 e. The molecule has 1 aromatic heterocycles. The van der Waals surface area contributed by atoms with Crippen LogP contribution in [0.2, 0.25) is 0 Å². The number of nitrogens with one attached hydrogen (secondary N) is 1. The van der Waals surface area contributed by atoms with E-state index in [0.29, 0.717) is 0 Å². The van der Waals surface area contributed by atoms with Crippen LogP contribution in [-0.2, 0) is 6.54 Å². The van der Waals surface area contributed by atoms with Gasteiger partial charge in [0.15, 0.2) is 0 Å². The molecule has 0 amide bonds. The van der Waals surface area contributed by atoms with Crippen LogP contribution in [-0.4, -0.2) is 6.04 Å². The quantitative estimate of drug-likeness (QED) is 0.825. The molecule has 1 saturated carbocycles. The van der Waals surface area contributed by atoms with Gasteiger partial charge in [-0.3, -0.25) is 0 Å². The van der Waals surface area contributed by atoms with Gasteiger partial charge in [0.25, 0.3) is 0 Å².